The molecule has 1 saturated heterocycles. The fraction of sp³-hybridized carbons (Fsp3) is 0.323. The molecule has 39 heavy (non-hydrogen) atoms. The summed E-state index contributed by atoms with van der Waals surface area (Å²) in [4.78, 5) is 15.6. The number of nitrogens with zero attached hydrogens (tertiary/aromatic N) is 1. The molecule has 5 rings (SSSR count). The number of fused-ring (bicyclic) bond motifs is 1. The molecule has 2 aliphatic rings. The number of amides is 1. The molecule has 2 N–H and O–H groups in total. The Morgan fingerprint density at radius 3 is 2.82 bits per heavy atom. The van der Waals surface area contributed by atoms with Gasteiger partial charge in [-0.2, -0.15) is 0 Å². The van der Waals surface area contributed by atoms with Crippen LogP contribution in [0.4, 0.5) is 0 Å². The van der Waals surface area contributed by atoms with Crippen molar-refractivity contribution in [1.29, 1.82) is 0 Å². The predicted octanol–water partition coefficient (Wildman–Crippen LogP) is 4.73. The van der Waals surface area contributed by atoms with Gasteiger partial charge in [0.15, 0.2) is 11.5 Å². The van der Waals surface area contributed by atoms with E-state index in [4.69, 9.17) is 25.8 Å². The number of carbonyl (C=O) groups is 1. The molecule has 0 unspecified atom stereocenters. The molecule has 7 nitrogen and oxygen atoms in total. The van der Waals surface area contributed by atoms with E-state index in [2.05, 4.69) is 34.2 Å². The molecular formula is C31H34ClN3O4. The van der Waals surface area contributed by atoms with Crippen LogP contribution < -0.4 is 24.8 Å². The molecule has 0 spiro atoms. The van der Waals surface area contributed by atoms with Crippen LogP contribution in [-0.4, -0.2) is 49.4 Å². The van der Waals surface area contributed by atoms with Gasteiger partial charge >= 0.3 is 0 Å². The van der Waals surface area contributed by atoms with Crippen molar-refractivity contribution in [2.45, 2.75) is 38.0 Å². The molecule has 3 aromatic carbocycles. The molecule has 0 radical (unpaired) electrons. The number of para-hydroxylation sites is 1. The summed E-state index contributed by atoms with van der Waals surface area (Å²) in [6, 6.07) is 21.6. The largest absolute Gasteiger partial charge is 0.489 e. The average molecular weight is 548 g/mol. The lowest BCUT2D eigenvalue weighted by Crippen LogP contribution is -2.43. The maximum atomic E-state index is 13.4. The van der Waals surface area contributed by atoms with E-state index in [9.17, 15) is 4.79 Å². The van der Waals surface area contributed by atoms with Crippen molar-refractivity contribution in [3.05, 3.63) is 101 Å². The summed E-state index contributed by atoms with van der Waals surface area (Å²) in [6.07, 6.45) is 3.17. The summed E-state index contributed by atoms with van der Waals surface area (Å²) in [7, 11) is 0. The molecule has 0 aromatic heterocycles. The molecule has 2 heterocycles. The van der Waals surface area contributed by atoms with Crippen LogP contribution in [0.3, 0.4) is 0 Å². The van der Waals surface area contributed by atoms with Gasteiger partial charge < -0.3 is 24.8 Å². The second-order valence-electron chi connectivity index (χ2n) is 9.82. The van der Waals surface area contributed by atoms with Crippen molar-refractivity contribution >= 4 is 17.5 Å². The van der Waals surface area contributed by atoms with Gasteiger partial charge in [0.2, 0.25) is 12.7 Å². The van der Waals surface area contributed by atoms with Crippen LogP contribution in [0.1, 0.15) is 23.1 Å². The number of hydrogen-bond acceptors (Lipinski definition) is 6. The van der Waals surface area contributed by atoms with E-state index in [-0.39, 0.29) is 24.8 Å². The van der Waals surface area contributed by atoms with Crippen molar-refractivity contribution in [2.24, 2.45) is 0 Å². The van der Waals surface area contributed by atoms with Crippen molar-refractivity contribution in [1.82, 2.24) is 15.5 Å². The first-order chi connectivity index (χ1) is 19.1. The van der Waals surface area contributed by atoms with Crippen molar-refractivity contribution < 1.29 is 19.0 Å². The Morgan fingerprint density at radius 1 is 1.08 bits per heavy atom. The second kappa shape index (κ2) is 13.0. The summed E-state index contributed by atoms with van der Waals surface area (Å²) in [6.45, 7) is 7.05. The van der Waals surface area contributed by atoms with Crippen LogP contribution in [0.25, 0.3) is 0 Å². The molecular weight excluding hydrogens is 514 g/mol. The molecule has 2 aliphatic heterocycles. The van der Waals surface area contributed by atoms with Crippen LogP contribution in [0.5, 0.6) is 17.2 Å². The average Bonchev–Trinajstić information content (AvgIpc) is 3.58. The highest BCUT2D eigenvalue weighted by Gasteiger charge is 2.36. The van der Waals surface area contributed by atoms with Crippen LogP contribution in [0.15, 0.2) is 79.4 Å². The quantitative estimate of drug-likeness (QED) is 0.320. The van der Waals surface area contributed by atoms with Gasteiger partial charge in [0.25, 0.3) is 0 Å². The van der Waals surface area contributed by atoms with Crippen molar-refractivity contribution in [2.75, 3.05) is 26.5 Å². The van der Waals surface area contributed by atoms with Crippen LogP contribution in [0.2, 0.25) is 5.02 Å². The van der Waals surface area contributed by atoms with Gasteiger partial charge in [0.1, 0.15) is 12.4 Å². The third-order valence-corrected chi connectivity index (χ3v) is 7.28. The first kappa shape index (κ1) is 27.1. The minimum atomic E-state index is -0.245. The van der Waals surface area contributed by atoms with E-state index in [1.54, 1.807) is 6.08 Å². The van der Waals surface area contributed by atoms with Gasteiger partial charge in [-0.3, -0.25) is 9.69 Å². The smallest absolute Gasteiger partial charge is 0.237 e. The maximum absolute atomic E-state index is 13.4. The summed E-state index contributed by atoms with van der Waals surface area (Å²) in [5, 5.41) is 7.51. The van der Waals surface area contributed by atoms with E-state index in [1.165, 1.54) is 0 Å². The van der Waals surface area contributed by atoms with E-state index < -0.39 is 0 Å². The van der Waals surface area contributed by atoms with Gasteiger partial charge in [-0.05, 0) is 54.3 Å². The Labute approximate surface area is 234 Å². The van der Waals surface area contributed by atoms with Gasteiger partial charge in [0, 0.05) is 42.8 Å². The SMILES string of the molecule is C=CCOc1ccccc1CN[C@@H]1C[C@@H](C(=O)NCCc2ccc3c(c2)OCO3)N(Cc2cccc(Cl)c2)C1. The number of carbonyl (C=O) groups excluding carboxylic acids is 1. The number of rotatable bonds is 12. The van der Waals surface area contributed by atoms with Crippen molar-refractivity contribution in [3.8, 4) is 17.2 Å². The zero-order valence-corrected chi connectivity index (χ0v) is 22.7. The van der Waals surface area contributed by atoms with Gasteiger partial charge in [-0.25, -0.2) is 0 Å². The highest BCUT2D eigenvalue weighted by molar-refractivity contribution is 6.30. The van der Waals surface area contributed by atoms with E-state index in [0.717, 1.165) is 40.5 Å². The summed E-state index contributed by atoms with van der Waals surface area (Å²) >= 11 is 6.24. The third kappa shape index (κ3) is 7.12. The lowest BCUT2D eigenvalue weighted by molar-refractivity contribution is -0.125. The lowest BCUT2D eigenvalue weighted by Gasteiger charge is -2.23. The molecule has 1 amide bonds. The molecule has 0 aliphatic carbocycles. The van der Waals surface area contributed by atoms with Crippen LogP contribution in [0, 0.1) is 0 Å². The first-order valence-corrected chi connectivity index (χ1v) is 13.7. The normalized spacial score (nSPS) is 18.2. The van der Waals surface area contributed by atoms with E-state index in [0.29, 0.717) is 44.1 Å². The minimum absolute atomic E-state index is 0.0387. The van der Waals surface area contributed by atoms with Crippen LogP contribution >= 0.6 is 11.6 Å². The molecule has 2 atom stereocenters. The Hall–Kier alpha value is -3.52. The monoisotopic (exact) mass is 547 g/mol. The topological polar surface area (TPSA) is 72.1 Å². The predicted molar refractivity (Wildman–Crippen MR) is 152 cm³/mol. The van der Waals surface area contributed by atoms with Crippen LogP contribution in [-0.2, 0) is 24.3 Å². The number of nitrogens with one attached hydrogen (secondary N) is 2. The molecule has 8 heteroatoms. The Bertz CT molecular complexity index is 1300. The van der Waals surface area contributed by atoms with Gasteiger partial charge in [-0.1, -0.05) is 60.7 Å². The highest BCUT2D eigenvalue weighted by Crippen LogP contribution is 2.32. The fourth-order valence-electron chi connectivity index (χ4n) is 5.11. The summed E-state index contributed by atoms with van der Waals surface area (Å²) in [5.41, 5.74) is 3.26. The van der Waals surface area contributed by atoms with Gasteiger partial charge in [0.05, 0.1) is 6.04 Å². The molecule has 204 valence electrons. The molecule has 3 aromatic rings. The number of halogens is 1. The van der Waals surface area contributed by atoms with E-state index in [1.807, 2.05) is 54.6 Å². The molecule has 0 bridgehead atoms. The summed E-state index contributed by atoms with van der Waals surface area (Å²) < 4.78 is 16.7. The first-order valence-electron chi connectivity index (χ1n) is 13.3. The zero-order valence-electron chi connectivity index (χ0n) is 21.9. The number of hydrogen-bond donors (Lipinski definition) is 2. The van der Waals surface area contributed by atoms with Gasteiger partial charge in [-0.15, -0.1) is 0 Å². The van der Waals surface area contributed by atoms with E-state index >= 15 is 0 Å². The summed E-state index contributed by atoms with van der Waals surface area (Å²) in [5.74, 6) is 2.40. The maximum Gasteiger partial charge on any atom is 0.237 e. The molecule has 1 fully saturated rings. The zero-order chi connectivity index (χ0) is 27.0. The molecule has 0 saturated carbocycles. The number of ether oxygens (including phenoxy) is 3. The lowest BCUT2D eigenvalue weighted by atomic mass is 10.1. The standard InChI is InChI=1S/C31H34ClN3O4/c1-2-14-37-28-9-4-3-7-24(28)18-34-26-17-27(35(20-26)19-23-6-5-8-25(32)15-23)31(36)33-13-12-22-10-11-29-30(16-22)39-21-38-29/h2-11,15-16,26-27,34H,1,12-14,17-21H2,(H,33,36)/t26-,27+/m1/s1. The number of benzene rings is 3. The third-order valence-electron chi connectivity index (χ3n) is 7.04. The minimum Gasteiger partial charge on any atom is -0.489 e. The van der Waals surface area contributed by atoms with Crippen molar-refractivity contribution in [3.63, 3.8) is 0 Å². The Morgan fingerprint density at radius 2 is 1.95 bits per heavy atom. The second-order valence-corrected chi connectivity index (χ2v) is 10.3. The number of likely N-dealkylation sites (tertiary alicyclic amines) is 1. The highest BCUT2D eigenvalue weighted by atomic mass is 35.5. The Balaban J connectivity index is 1.21. The fourth-order valence-corrected chi connectivity index (χ4v) is 5.32. The Kier molecular flexibility index (Phi) is 9.04.